The van der Waals surface area contributed by atoms with Gasteiger partial charge < -0.3 is 4.90 Å². The standard InChI is InChI=1S/C22H16F4N4O/c1-29(13-15-8-4-7-14-6-2-3-11-18(14)15)21(31)19-20(22(24,25)26)30(28-27-19)17-10-5-9-16(23)12-17/h2-12H,13H2,1H3. The van der Waals surface area contributed by atoms with Gasteiger partial charge in [0.05, 0.1) is 5.69 Å². The zero-order chi connectivity index (χ0) is 22.2. The molecule has 0 radical (unpaired) electrons. The SMILES string of the molecule is CN(Cc1cccc2ccccc12)C(=O)c1nnn(-c2cccc(F)c2)c1C(F)(F)F. The first-order chi connectivity index (χ1) is 14.8. The number of fused-ring (bicyclic) bond motifs is 1. The van der Waals surface area contributed by atoms with E-state index in [-0.39, 0.29) is 12.2 Å². The molecule has 1 heterocycles. The molecule has 9 heteroatoms. The Labute approximate surface area is 174 Å². The third kappa shape index (κ3) is 3.98. The van der Waals surface area contributed by atoms with Crippen LogP contribution in [0.4, 0.5) is 17.6 Å². The van der Waals surface area contributed by atoms with Gasteiger partial charge in [0.1, 0.15) is 5.82 Å². The van der Waals surface area contributed by atoms with Crippen LogP contribution < -0.4 is 0 Å². The number of halogens is 4. The molecular weight excluding hydrogens is 412 g/mol. The number of rotatable bonds is 4. The van der Waals surface area contributed by atoms with Crippen molar-refractivity contribution in [3.8, 4) is 5.69 Å². The maximum Gasteiger partial charge on any atom is 0.435 e. The van der Waals surface area contributed by atoms with Crippen molar-refractivity contribution in [3.63, 3.8) is 0 Å². The van der Waals surface area contributed by atoms with Crippen LogP contribution >= 0.6 is 0 Å². The van der Waals surface area contributed by atoms with Crippen LogP contribution in [0.3, 0.4) is 0 Å². The Hall–Kier alpha value is -3.75. The Morgan fingerprint density at radius 3 is 2.48 bits per heavy atom. The fourth-order valence-corrected chi connectivity index (χ4v) is 3.41. The number of hydrogen-bond donors (Lipinski definition) is 0. The van der Waals surface area contributed by atoms with Crippen LogP contribution in [0.25, 0.3) is 16.5 Å². The van der Waals surface area contributed by atoms with E-state index in [1.165, 1.54) is 19.2 Å². The minimum atomic E-state index is -4.93. The molecular formula is C22H16F4N4O. The van der Waals surface area contributed by atoms with Crippen LogP contribution in [0.15, 0.2) is 66.7 Å². The average Bonchev–Trinajstić information content (AvgIpc) is 3.19. The number of amides is 1. The summed E-state index contributed by atoms with van der Waals surface area (Å²) in [6.45, 7) is 0.0737. The lowest BCUT2D eigenvalue weighted by Crippen LogP contribution is -2.29. The Morgan fingerprint density at radius 2 is 1.74 bits per heavy atom. The second kappa shape index (κ2) is 7.82. The van der Waals surface area contributed by atoms with E-state index in [0.29, 0.717) is 4.68 Å². The van der Waals surface area contributed by atoms with Crippen molar-refractivity contribution in [2.24, 2.45) is 0 Å². The van der Waals surface area contributed by atoms with Crippen molar-refractivity contribution in [2.45, 2.75) is 12.7 Å². The quantitative estimate of drug-likeness (QED) is 0.437. The van der Waals surface area contributed by atoms with Gasteiger partial charge in [-0.3, -0.25) is 4.79 Å². The molecule has 1 amide bonds. The number of carbonyl (C=O) groups is 1. The molecule has 4 rings (SSSR count). The van der Waals surface area contributed by atoms with Crippen LogP contribution in [0.1, 0.15) is 21.7 Å². The largest absolute Gasteiger partial charge is 0.435 e. The van der Waals surface area contributed by atoms with Crippen LogP contribution in [0, 0.1) is 5.82 Å². The first-order valence-corrected chi connectivity index (χ1v) is 9.26. The van der Waals surface area contributed by atoms with Gasteiger partial charge in [0.15, 0.2) is 11.4 Å². The highest BCUT2D eigenvalue weighted by molar-refractivity contribution is 5.94. The second-order valence-corrected chi connectivity index (χ2v) is 6.98. The van der Waals surface area contributed by atoms with Gasteiger partial charge in [-0.1, -0.05) is 53.7 Å². The lowest BCUT2D eigenvalue weighted by Gasteiger charge is -2.18. The fraction of sp³-hybridized carbons (Fsp3) is 0.136. The van der Waals surface area contributed by atoms with Gasteiger partial charge in [0, 0.05) is 13.6 Å². The van der Waals surface area contributed by atoms with Crippen LogP contribution in [-0.4, -0.2) is 32.8 Å². The third-order valence-electron chi connectivity index (χ3n) is 4.83. The van der Waals surface area contributed by atoms with E-state index in [9.17, 15) is 22.4 Å². The number of aromatic nitrogens is 3. The van der Waals surface area contributed by atoms with Gasteiger partial charge in [0.25, 0.3) is 5.91 Å². The Kier molecular flexibility index (Phi) is 5.18. The molecule has 0 aliphatic heterocycles. The Balaban J connectivity index is 1.71. The first kappa shape index (κ1) is 20.5. The molecule has 0 bridgehead atoms. The molecule has 158 valence electrons. The summed E-state index contributed by atoms with van der Waals surface area (Å²) in [4.78, 5) is 14.0. The molecule has 5 nitrogen and oxygen atoms in total. The highest BCUT2D eigenvalue weighted by atomic mass is 19.4. The highest BCUT2D eigenvalue weighted by Gasteiger charge is 2.42. The monoisotopic (exact) mass is 428 g/mol. The minimum absolute atomic E-state index is 0.0737. The van der Waals surface area contributed by atoms with Gasteiger partial charge in [-0.15, -0.1) is 5.10 Å². The highest BCUT2D eigenvalue weighted by Crippen LogP contribution is 2.33. The molecule has 31 heavy (non-hydrogen) atoms. The van der Waals surface area contributed by atoms with Gasteiger partial charge in [-0.2, -0.15) is 13.2 Å². The molecule has 1 aromatic heterocycles. The molecule has 0 fully saturated rings. The van der Waals surface area contributed by atoms with Gasteiger partial charge in [-0.25, -0.2) is 9.07 Å². The summed E-state index contributed by atoms with van der Waals surface area (Å²) in [5.41, 5.74) is -1.61. The maximum absolute atomic E-state index is 13.8. The molecule has 0 N–H and O–H groups in total. The number of hydrogen-bond acceptors (Lipinski definition) is 3. The average molecular weight is 428 g/mol. The van der Waals surface area contributed by atoms with Crippen LogP contribution in [0.2, 0.25) is 0 Å². The molecule has 0 saturated carbocycles. The summed E-state index contributed by atoms with van der Waals surface area (Å²) in [6, 6.07) is 17.5. The van der Waals surface area contributed by atoms with Crippen molar-refractivity contribution < 1.29 is 22.4 Å². The summed E-state index contributed by atoms with van der Waals surface area (Å²) in [5, 5.41) is 8.83. The summed E-state index contributed by atoms with van der Waals surface area (Å²) in [6.07, 6.45) is -4.93. The van der Waals surface area contributed by atoms with Crippen molar-refractivity contribution in [1.29, 1.82) is 0 Å². The number of nitrogens with zero attached hydrogens (tertiary/aromatic N) is 4. The molecule has 0 saturated heterocycles. The topological polar surface area (TPSA) is 51.0 Å². The summed E-state index contributed by atoms with van der Waals surface area (Å²) < 4.78 is 55.4. The van der Waals surface area contributed by atoms with E-state index in [2.05, 4.69) is 10.3 Å². The lowest BCUT2D eigenvalue weighted by molar-refractivity contribution is -0.143. The summed E-state index contributed by atoms with van der Waals surface area (Å²) in [7, 11) is 1.39. The second-order valence-electron chi connectivity index (χ2n) is 6.98. The number of carbonyl (C=O) groups excluding carboxylic acids is 1. The van der Waals surface area contributed by atoms with Crippen molar-refractivity contribution in [3.05, 3.63) is 89.5 Å². The maximum atomic E-state index is 13.8. The van der Waals surface area contributed by atoms with E-state index in [4.69, 9.17) is 0 Å². The van der Waals surface area contributed by atoms with Gasteiger partial charge in [0.2, 0.25) is 0 Å². The van der Waals surface area contributed by atoms with E-state index in [0.717, 1.165) is 33.4 Å². The first-order valence-electron chi connectivity index (χ1n) is 9.26. The predicted molar refractivity (Wildman–Crippen MR) is 106 cm³/mol. The molecule has 0 unspecified atom stereocenters. The van der Waals surface area contributed by atoms with Crippen LogP contribution in [-0.2, 0) is 12.7 Å². The summed E-state index contributed by atoms with van der Waals surface area (Å²) >= 11 is 0. The smallest absolute Gasteiger partial charge is 0.336 e. The van der Waals surface area contributed by atoms with Crippen molar-refractivity contribution in [1.82, 2.24) is 19.9 Å². The Bertz CT molecular complexity index is 1260. The van der Waals surface area contributed by atoms with Crippen LogP contribution in [0.5, 0.6) is 0 Å². The number of alkyl halides is 3. The van der Waals surface area contributed by atoms with E-state index in [1.54, 1.807) is 6.07 Å². The third-order valence-corrected chi connectivity index (χ3v) is 4.83. The molecule has 0 spiro atoms. The van der Waals surface area contributed by atoms with Crippen molar-refractivity contribution >= 4 is 16.7 Å². The predicted octanol–water partition coefficient (Wildman–Crippen LogP) is 4.85. The zero-order valence-electron chi connectivity index (χ0n) is 16.3. The molecule has 0 aliphatic rings. The minimum Gasteiger partial charge on any atom is -0.336 e. The van der Waals surface area contributed by atoms with E-state index >= 15 is 0 Å². The normalized spacial score (nSPS) is 11.6. The Morgan fingerprint density at radius 1 is 1.03 bits per heavy atom. The number of benzene rings is 3. The molecule has 3 aromatic carbocycles. The van der Waals surface area contributed by atoms with Gasteiger partial charge >= 0.3 is 6.18 Å². The van der Waals surface area contributed by atoms with E-state index < -0.39 is 29.3 Å². The lowest BCUT2D eigenvalue weighted by atomic mass is 10.0. The fourth-order valence-electron chi connectivity index (χ4n) is 3.41. The van der Waals surface area contributed by atoms with E-state index in [1.807, 2.05) is 36.4 Å². The molecule has 4 aromatic rings. The summed E-state index contributed by atoms with van der Waals surface area (Å²) in [5.74, 6) is -1.68. The van der Waals surface area contributed by atoms with Crippen molar-refractivity contribution in [2.75, 3.05) is 7.05 Å². The zero-order valence-corrected chi connectivity index (χ0v) is 16.3. The molecule has 0 atom stereocenters. The molecule has 0 aliphatic carbocycles. The van der Waals surface area contributed by atoms with Gasteiger partial charge in [-0.05, 0) is 34.5 Å².